The van der Waals surface area contributed by atoms with Crippen LogP contribution in [0.4, 0.5) is 0 Å². The largest absolute Gasteiger partial charge is 0.0990 e. The third kappa shape index (κ3) is 3.12. The van der Waals surface area contributed by atoms with Crippen molar-refractivity contribution < 1.29 is 0 Å². The Morgan fingerprint density at radius 3 is 1.95 bits per heavy atom. The van der Waals surface area contributed by atoms with Gasteiger partial charge in [0.1, 0.15) is 0 Å². The zero-order valence-electron chi connectivity index (χ0n) is 13.7. The molecule has 0 nitrogen and oxygen atoms in total. The Morgan fingerprint density at radius 2 is 1.60 bits per heavy atom. The Balaban J connectivity index is 3.23. The monoisotopic (exact) mass is 268 g/mol. The second kappa shape index (κ2) is 6.26. The molecule has 1 rings (SSSR count). The Morgan fingerprint density at radius 1 is 1.05 bits per heavy atom. The predicted molar refractivity (Wildman–Crippen MR) is 91.9 cm³/mol. The standard InChI is InChI=1S/C20H28/c1-8-11-16(9-2)17-12-14-18(15-13-17)20(7,10-3)19(4,5)6/h8-9,11-15H,1-2,10H2,3-7H3/b16-11+. The molecule has 0 N–H and O–H groups in total. The lowest BCUT2D eigenvalue weighted by atomic mass is 9.62. The van der Waals surface area contributed by atoms with Gasteiger partial charge in [-0.1, -0.05) is 90.3 Å². The van der Waals surface area contributed by atoms with E-state index in [0.29, 0.717) is 0 Å². The van der Waals surface area contributed by atoms with Crippen LogP contribution in [-0.4, -0.2) is 0 Å². The topological polar surface area (TPSA) is 0 Å². The number of allylic oxidation sites excluding steroid dienone is 4. The maximum Gasteiger partial charge on any atom is -0.00294 e. The van der Waals surface area contributed by atoms with E-state index >= 15 is 0 Å². The molecule has 0 heteroatoms. The van der Waals surface area contributed by atoms with Crippen LogP contribution in [0.15, 0.2) is 55.7 Å². The summed E-state index contributed by atoms with van der Waals surface area (Å²) >= 11 is 0. The van der Waals surface area contributed by atoms with Crippen molar-refractivity contribution in [1.82, 2.24) is 0 Å². The molecular weight excluding hydrogens is 240 g/mol. The molecule has 1 unspecified atom stereocenters. The summed E-state index contributed by atoms with van der Waals surface area (Å²) in [5.41, 5.74) is 4.12. The van der Waals surface area contributed by atoms with Gasteiger partial charge in [0.15, 0.2) is 0 Å². The first kappa shape index (κ1) is 16.5. The molecule has 1 atom stereocenters. The highest BCUT2D eigenvalue weighted by molar-refractivity contribution is 5.74. The molecule has 1 aromatic carbocycles. The molecule has 0 spiro atoms. The third-order valence-electron chi connectivity index (χ3n) is 4.74. The minimum Gasteiger partial charge on any atom is -0.0990 e. The number of hydrogen-bond donors (Lipinski definition) is 0. The zero-order chi connectivity index (χ0) is 15.4. The molecule has 0 saturated heterocycles. The van der Waals surface area contributed by atoms with Crippen LogP contribution in [0.2, 0.25) is 0 Å². The number of benzene rings is 1. The quantitative estimate of drug-likeness (QED) is 0.561. The molecule has 0 bridgehead atoms. The van der Waals surface area contributed by atoms with Crippen molar-refractivity contribution in [2.24, 2.45) is 5.41 Å². The van der Waals surface area contributed by atoms with Crippen LogP contribution in [0.25, 0.3) is 5.57 Å². The fraction of sp³-hybridized carbons (Fsp3) is 0.400. The molecule has 0 fully saturated rings. The van der Waals surface area contributed by atoms with Gasteiger partial charge in [0, 0.05) is 0 Å². The van der Waals surface area contributed by atoms with E-state index < -0.39 is 0 Å². The molecule has 0 aromatic heterocycles. The highest BCUT2D eigenvalue weighted by atomic mass is 14.4. The lowest BCUT2D eigenvalue weighted by Crippen LogP contribution is -2.36. The fourth-order valence-corrected chi connectivity index (χ4v) is 2.61. The van der Waals surface area contributed by atoms with Gasteiger partial charge in [0.25, 0.3) is 0 Å². The van der Waals surface area contributed by atoms with E-state index in [1.54, 1.807) is 6.08 Å². The third-order valence-corrected chi connectivity index (χ3v) is 4.74. The van der Waals surface area contributed by atoms with Crippen molar-refractivity contribution in [2.75, 3.05) is 0 Å². The second-order valence-electron chi connectivity index (χ2n) is 6.57. The Kier molecular flexibility index (Phi) is 5.16. The van der Waals surface area contributed by atoms with Crippen LogP contribution >= 0.6 is 0 Å². The first-order valence-electron chi connectivity index (χ1n) is 7.36. The van der Waals surface area contributed by atoms with Gasteiger partial charge in [0.2, 0.25) is 0 Å². The van der Waals surface area contributed by atoms with Gasteiger partial charge in [0.05, 0.1) is 0 Å². The van der Waals surface area contributed by atoms with E-state index in [2.05, 4.69) is 72.0 Å². The highest BCUT2D eigenvalue weighted by Gasteiger charge is 2.37. The van der Waals surface area contributed by atoms with E-state index in [-0.39, 0.29) is 10.8 Å². The van der Waals surface area contributed by atoms with Crippen LogP contribution in [0.1, 0.15) is 52.2 Å². The molecular formula is C20H28. The molecule has 20 heavy (non-hydrogen) atoms. The summed E-state index contributed by atoms with van der Waals surface area (Å²) in [6, 6.07) is 8.88. The van der Waals surface area contributed by atoms with Crippen molar-refractivity contribution in [3.05, 3.63) is 66.8 Å². The summed E-state index contributed by atoms with van der Waals surface area (Å²) in [4.78, 5) is 0. The van der Waals surface area contributed by atoms with Crippen molar-refractivity contribution in [3.63, 3.8) is 0 Å². The van der Waals surface area contributed by atoms with Gasteiger partial charge < -0.3 is 0 Å². The maximum absolute atomic E-state index is 3.87. The first-order chi connectivity index (χ1) is 9.30. The molecule has 0 radical (unpaired) electrons. The van der Waals surface area contributed by atoms with Gasteiger partial charge in [-0.05, 0) is 34.0 Å². The zero-order valence-corrected chi connectivity index (χ0v) is 13.7. The Bertz CT molecular complexity index is 494. The molecule has 0 aliphatic carbocycles. The molecule has 0 saturated carbocycles. The molecule has 0 heterocycles. The van der Waals surface area contributed by atoms with Crippen molar-refractivity contribution in [3.8, 4) is 0 Å². The van der Waals surface area contributed by atoms with Gasteiger partial charge in [-0.25, -0.2) is 0 Å². The molecule has 0 aliphatic heterocycles. The van der Waals surface area contributed by atoms with Crippen LogP contribution < -0.4 is 0 Å². The summed E-state index contributed by atoms with van der Waals surface area (Å²) in [7, 11) is 0. The Labute approximate surface area is 124 Å². The second-order valence-corrected chi connectivity index (χ2v) is 6.57. The molecule has 1 aromatic rings. The number of hydrogen-bond acceptors (Lipinski definition) is 0. The average Bonchev–Trinajstić information content (AvgIpc) is 2.43. The molecule has 0 aliphatic rings. The van der Waals surface area contributed by atoms with Gasteiger partial charge in [-0.3, -0.25) is 0 Å². The van der Waals surface area contributed by atoms with Crippen LogP contribution in [0.3, 0.4) is 0 Å². The lowest BCUT2D eigenvalue weighted by Gasteiger charge is -2.42. The SMILES string of the molecule is C=C/C=C(\C=C)c1ccc(C(C)(CC)C(C)(C)C)cc1. The van der Waals surface area contributed by atoms with Crippen molar-refractivity contribution in [2.45, 2.75) is 46.5 Å². The van der Waals surface area contributed by atoms with E-state index in [1.165, 1.54) is 11.1 Å². The van der Waals surface area contributed by atoms with Gasteiger partial charge in [-0.2, -0.15) is 0 Å². The van der Waals surface area contributed by atoms with Gasteiger partial charge in [-0.15, -0.1) is 0 Å². The molecule has 0 amide bonds. The normalized spacial score (nSPS) is 15.6. The maximum atomic E-state index is 3.87. The van der Waals surface area contributed by atoms with E-state index in [4.69, 9.17) is 0 Å². The fourth-order valence-electron chi connectivity index (χ4n) is 2.61. The molecule has 108 valence electrons. The van der Waals surface area contributed by atoms with Crippen molar-refractivity contribution >= 4 is 5.57 Å². The smallest absolute Gasteiger partial charge is 0.00294 e. The van der Waals surface area contributed by atoms with E-state index in [0.717, 1.165) is 12.0 Å². The lowest BCUT2D eigenvalue weighted by molar-refractivity contribution is 0.196. The predicted octanol–water partition coefficient (Wildman–Crippen LogP) is 6.16. The van der Waals surface area contributed by atoms with Crippen LogP contribution in [0.5, 0.6) is 0 Å². The van der Waals surface area contributed by atoms with E-state index in [1.807, 2.05) is 12.2 Å². The number of rotatable bonds is 5. The average molecular weight is 268 g/mol. The van der Waals surface area contributed by atoms with Crippen molar-refractivity contribution in [1.29, 1.82) is 0 Å². The summed E-state index contributed by atoms with van der Waals surface area (Å²) in [5, 5.41) is 0. The minimum absolute atomic E-state index is 0.183. The first-order valence-corrected chi connectivity index (χ1v) is 7.36. The van der Waals surface area contributed by atoms with Crippen LogP contribution in [0, 0.1) is 5.41 Å². The highest BCUT2D eigenvalue weighted by Crippen LogP contribution is 2.44. The summed E-state index contributed by atoms with van der Waals surface area (Å²) in [5.74, 6) is 0. The summed E-state index contributed by atoms with van der Waals surface area (Å²) in [6.07, 6.45) is 6.80. The van der Waals surface area contributed by atoms with Crippen LogP contribution in [-0.2, 0) is 5.41 Å². The minimum atomic E-state index is 0.183. The van der Waals surface area contributed by atoms with Gasteiger partial charge >= 0.3 is 0 Å². The Hall–Kier alpha value is -1.56. The summed E-state index contributed by atoms with van der Waals surface area (Å²) in [6.45, 7) is 19.2. The van der Waals surface area contributed by atoms with E-state index in [9.17, 15) is 0 Å². The summed E-state index contributed by atoms with van der Waals surface area (Å²) < 4.78 is 0.